The van der Waals surface area contributed by atoms with E-state index in [0.29, 0.717) is 22.1 Å². The van der Waals surface area contributed by atoms with Crippen molar-refractivity contribution in [2.45, 2.75) is 38.8 Å². The first-order chi connectivity index (χ1) is 9.52. The summed E-state index contributed by atoms with van der Waals surface area (Å²) < 4.78 is 6.01. The highest BCUT2D eigenvalue weighted by molar-refractivity contribution is 9.10. The van der Waals surface area contributed by atoms with Crippen LogP contribution in [-0.2, 0) is 16.1 Å². The molecule has 1 saturated carbocycles. The molecule has 6 nitrogen and oxygen atoms in total. The Morgan fingerprint density at radius 3 is 2.95 bits per heavy atom. The molecule has 0 bridgehead atoms. The zero-order valence-corrected chi connectivity index (χ0v) is 13.1. The SMILES string of the molecule is COC(=O)Cn1ncc(NC2CCCC2C)c(Br)c1=O. The van der Waals surface area contributed by atoms with Crippen molar-refractivity contribution < 1.29 is 9.53 Å². The van der Waals surface area contributed by atoms with Crippen molar-refractivity contribution >= 4 is 27.6 Å². The minimum Gasteiger partial charge on any atom is -0.468 e. The van der Waals surface area contributed by atoms with Crippen LogP contribution in [0.25, 0.3) is 0 Å². The Morgan fingerprint density at radius 2 is 2.35 bits per heavy atom. The predicted molar refractivity (Wildman–Crippen MR) is 78.6 cm³/mol. The first-order valence-electron chi connectivity index (χ1n) is 6.62. The van der Waals surface area contributed by atoms with Gasteiger partial charge in [-0.3, -0.25) is 9.59 Å². The van der Waals surface area contributed by atoms with Crippen LogP contribution in [0.1, 0.15) is 26.2 Å². The van der Waals surface area contributed by atoms with Gasteiger partial charge in [0.25, 0.3) is 5.56 Å². The molecule has 0 spiro atoms. The molecule has 1 aliphatic carbocycles. The molecular formula is C13H18BrN3O3. The van der Waals surface area contributed by atoms with E-state index in [1.54, 1.807) is 6.20 Å². The molecule has 0 amide bonds. The van der Waals surface area contributed by atoms with E-state index in [1.165, 1.54) is 20.0 Å². The van der Waals surface area contributed by atoms with Gasteiger partial charge in [-0.1, -0.05) is 13.3 Å². The first kappa shape index (κ1) is 15.0. The number of anilines is 1. The van der Waals surface area contributed by atoms with Gasteiger partial charge in [0.1, 0.15) is 11.0 Å². The molecule has 1 N–H and O–H groups in total. The molecule has 0 radical (unpaired) electrons. The summed E-state index contributed by atoms with van der Waals surface area (Å²) in [7, 11) is 1.28. The predicted octanol–water partition coefficient (Wildman–Crippen LogP) is 1.78. The van der Waals surface area contributed by atoms with Crippen LogP contribution < -0.4 is 10.9 Å². The number of nitrogens with zero attached hydrogens (tertiary/aromatic N) is 2. The molecule has 7 heteroatoms. The van der Waals surface area contributed by atoms with E-state index in [9.17, 15) is 9.59 Å². The van der Waals surface area contributed by atoms with Crippen molar-refractivity contribution in [1.82, 2.24) is 9.78 Å². The second-order valence-electron chi connectivity index (χ2n) is 5.07. The van der Waals surface area contributed by atoms with Crippen LogP contribution in [0.2, 0.25) is 0 Å². The van der Waals surface area contributed by atoms with E-state index in [1.807, 2.05) is 0 Å². The van der Waals surface area contributed by atoms with E-state index < -0.39 is 5.97 Å². The van der Waals surface area contributed by atoms with Crippen LogP contribution in [0.3, 0.4) is 0 Å². The van der Waals surface area contributed by atoms with Gasteiger partial charge >= 0.3 is 5.97 Å². The highest BCUT2D eigenvalue weighted by atomic mass is 79.9. The van der Waals surface area contributed by atoms with Crippen LogP contribution in [0.5, 0.6) is 0 Å². The third kappa shape index (κ3) is 3.20. The number of aromatic nitrogens is 2. The summed E-state index contributed by atoms with van der Waals surface area (Å²) in [5, 5.41) is 7.36. The van der Waals surface area contributed by atoms with E-state index in [4.69, 9.17) is 0 Å². The molecule has 1 aliphatic rings. The molecule has 20 heavy (non-hydrogen) atoms. The highest BCUT2D eigenvalue weighted by Gasteiger charge is 2.24. The van der Waals surface area contributed by atoms with Crippen molar-refractivity contribution in [3.05, 3.63) is 21.0 Å². The van der Waals surface area contributed by atoms with Crippen LogP contribution in [0.4, 0.5) is 5.69 Å². The maximum Gasteiger partial charge on any atom is 0.327 e. The Bertz CT molecular complexity index is 558. The molecule has 2 unspecified atom stereocenters. The first-order valence-corrected chi connectivity index (χ1v) is 7.41. The third-order valence-electron chi connectivity index (χ3n) is 3.69. The van der Waals surface area contributed by atoms with Crippen molar-refractivity contribution in [2.24, 2.45) is 5.92 Å². The quantitative estimate of drug-likeness (QED) is 0.843. The van der Waals surface area contributed by atoms with Crippen LogP contribution >= 0.6 is 15.9 Å². The minimum atomic E-state index is -0.503. The second-order valence-corrected chi connectivity index (χ2v) is 5.86. The summed E-state index contributed by atoms with van der Waals surface area (Å²) in [4.78, 5) is 23.3. The number of nitrogens with one attached hydrogen (secondary N) is 1. The summed E-state index contributed by atoms with van der Waals surface area (Å²) in [5.74, 6) is 0.0797. The number of halogens is 1. The normalized spacial score (nSPS) is 21.8. The van der Waals surface area contributed by atoms with Gasteiger partial charge in [0.05, 0.1) is 19.0 Å². The Kier molecular flexibility index (Phi) is 4.80. The third-order valence-corrected chi connectivity index (χ3v) is 4.46. The fraction of sp³-hybridized carbons (Fsp3) is 0.615. The summed E-state index contributed by atoms with van der Waals surface area (Å²) in [6, 6.07) is 0.365. The number of ether oxygens (including phenoxy) is 1. The fourth-order valence-electron chi connectivity index (χ4n) is 2.42. The van der Waals surface area contributed by atoms with Gasteiger partial charge in [-0.05, 0) is 34.7 Å². The topological polar surface area (TPSA) is 73.2 Å². The molecule has 110 valence electrons. The number of hydrogen-bond acceptors (Lipinski definition) is 5. The molecule has 1 aromatic heterocycles. The smallest absolute Gasteiger partial charge is 0.327 e. The Hall–Kier alpha value is -1.37. The van der Waals surface area contributed by atoms with Gasteiger partial charge in [-0.2, -0.15) is 5.10 Å². The lowest BCUT2D eigenvalue weighted by Crippen LogP contribution is -2.30. The summed E-state index contributed by atoms with van der Waals surface area (Å²) in [6.07, 6.45) is 5.06. The number of hydrogen-bond donors (Lipinski definition) is 1. The lowest BCUT2D eigenvalue weighted by atomic mass is 10.1. The molecule has 2 atom stereocenters. The average Bonchev–Trinajstić information content (AvgIpc) is 2.83. The van der Waals surface area contributed by atoms with Crippen LogP contribution in [0, 0.1) is 5.92 Å². The molecule has 1 heterocycles. The number of carbonyl (C=O) groups excluding carboxylic acids is 1. The maximum absolute atomic E-state index is 12.1. The van der Waals surface area contributed by atoms with Gasteiger partial charge in [0.2, 0.25) is 0 Å². The van der Waals surface area contributed by atoms with Crippen molar-refractivity contribution in [3.8, 4) is 0 Å². The zero-order valence-electron chi connectivity index (χ0n) is 11.6. The minimum absolute atomic E-state index is 0.186. The largest absolute Gasteiger partial charge is 0.468 e. The van der Waals surface area contributed by atoms with Crippen LogP contribution in [-0.4, -0.2) is 28.9 Å². The van der Waals surface area contributed by atoms with Crippen molar-refractivity contribution in [3.63, 3.8) is 0 Å². The molecule has 0 saturated heterocycles. The maximum atomic E-state index is 12.1. The van der Waals surface area contributed by atoms with Gasteiger partial charge in [-0.15, -0.1) is 0 Å². The number of rotatable bonds is 4. The van der Waals surface area contributed by atoms with Gasteiger partial charge in [-0.25, -0.2) is 4.68 Å². The molecule has 0 aromatic carbocycles. The van der Waals surface area contributed by atoms with E-state index >= 15 is 0 Å². The Labute approximate surface area is 125 Å². The van der Waals surface area contributed by atoms with Gasteiger partial charge < -0.3 is 10.1 Å². The van der Waals surface area contributed by atoms with E-state index in [0.717, 1.165) is 11.1 Å². The monoisotopic (exact) mass is 343 g/mol. The lowest BCUT2D eigenvalue weighted by Gasteiger charge is -2.19. The van der Waals surface area contributed by atoms with E-state index in [2.05, 4.69) is 38.0 Å². The highest BCUT2D eigenvalue weighted by Crippen LogP contribution is 2.29. The standard InChI is InChI=1S/C13H18BrN3O3/c1-8-4-3-5-9(8)16-10-6-15-17(7-11(18)20-2)13(19)12(10)14/h6,8-9,16H,3-5,7H2,1-2H3. The summed E-state index contributed by atoms with van der Waals surface area (Å²) >= 11 is 3.28. The van der Waals surface area contributed by atoms with Crippen LogP contribution in [0.15, 0.2) is 15.5 Å². The number of esters is 1. The summed E-state index contributed by atoms with van der Waals surface area (Å²) in [5.41, 5.74) is 0.334. The molecule has 2 rings (SSSR count). The Balaban J connectivity index is 2.18. The molecule has 1 fully saturated rings. The van der Waals surface area contributed by atoms with Gasteiger partial charge in [0, 0.05) is 6.04 Å². The number of methoxy groups -OCH3 is 1. The molecular weight excluding hydrogens is 326 g/mol. The Morgan fingerprint density at radius 1 is 1.60 bits per heavy atom. The molecule has 0 aliphatic heterocycles. The van der Waals surface area contributed by atoms with E-state index in [-0.39, 0.29) is 12.1 Å². The lowest BCUT2D eigenvalue weighted by molar-refractivity contribution is -0.141. The zero-order chi connectivity index (χ0) is 14.7. The fourth-order valence-corrected chi connectivity index (χ4v) is 2.85. The second kappa shape index (κ2) is 6.39. The molecule has 1 aromatic rings. The summed E-state index contributed by atoms with van der Waals surface area (Å²) in [6.45, 7) is 2.01. The van der Waals surface area contributed by atoms with Crippen molar-refractivity contribution in [1.29, 1.82) is 0 Å². The van der Waals surface area contributed by atoms with Gasteiger partial charge in [0.15, 0.2) is 0 Å². The van der Waals surface area contributed by atoms with Crippen molar-refractivity contribution in [2.75, 3.05) is 12.4 Å². The number of carbonyl (C=O) groups is 1. The average molecular weight is 344 g/mol.